The topological polar surface area (TPSA) is 133 Å². The van der Waals surface area contributed by atoms with Gasteiger partial charge in [-0.1, -0.05) is 0 Å². The lowest BCUT2D eigenvalue weighted by atomic mass is 10.1. The Balaban J connectivity index is 1.50. The Bertz CT molecular complexity index is 1050. The number of halogens is 3. The molecule has 0 spiro atoms. The van der Waals surface area contributed by atoms with Gasteiger partial charge in [0.2, 0.25) is 11.9 Å². The molecule has 2 aromatic heterocycles. The molecule has 1 saturated heterocycles. The Hall–Kier alpha value is -3.68. The molecule has 1 atom stereocenters. The maximum atomic E-state index is 12.9. The summed E-state index contributed by atoms with van der Waals surface area (Å²) in [5.74, 6) is 0.219. The molecule has 1 aliphatic rings. The van der Waals surface area contributed by atoms with Crippen LogP contribution in [0.15, 0.2) is 29.5 Å². The van der Waals surface area contributed by atoms with Gasteiger partial charge in [-0.3, -0.25) is 14.4 Å². The molecule has 0 bridgehead atoms. The second-order valence-corrected chi connectivity index (χ2v) is 7.27. The number of amides is 3. The number of alkyl halides is 3. The van der Waals surface area contributed by atoms with Crippen molar-refractivity contribution in [3.63, 3.8) is 0 Å². The second-order valence-electron chi connectivity index (χ2n) is 7.27. The van der Waals surface area contributed by atoms with E-state index in [1.54, 1.807) is 0 Å². The highest BCUT2D eigenvalue weighted by Gasteiger charge is 2.34. The first-order valence-electron chi connectivity index (χ1n) is 9.89. The van der Waals surface area contributed by atoms with Gasteiger partial charge in [-0.2, -0.15) is 13.2 Å². The number of carbonyl (C=O) groups excluding carboxylic acids is 2. The Kier molecular flexibility index (Phi) is 7.16. The highest BCUT2D eigenvalue weighted by Crippen LogP contribution is 2.28. The van der Waals surface area contributed by atoms with Crippen molar-refractivity contribution >= 4 is 23.6 Å². The molecule has 3 rings (SSSR count). The molecule has 3 heterocycles. The van der Waals surface area contributed by atoms with Gasteiger partial charge in [0.25, 0.3) is 5.56 Å². The Morgan fingerprint density at radius 3 is 2.39 bits per heavy atom. The number of hydrogen-bond acceptors (Lipinski definition) is 7. The summed E-state index contributed by atoms with van der Waals surface area (Å²) < 4.78 is 38.7. The molecule has 178 valence electrons. The van der Waals surface area contributed by atoms with E-state index in [0.717, 1.165) is 6.20 Å². The Morgan fingerprint density at radius 2 is 1.82 bits per heavy atom. The summed E-state index contributed by atoms with van der Waals surface area (Å²) in [5.41, 5.74) is 0.150. The average Bonchev–Trinajstić information content (AvgIpc) is 2.77. The number of anilines is 2. The van der Waals surface area contributed by atoms with Gasteiger partial charge in [-0.15, -0.1) is 0 Å². The molecule has 1 aliphatic heterocycles. The number of aromatic nitrogens is 3. The molecule has 0 radical (unpaired) electrons. The number of pyridine rings is 1. The number of piperazine rings is 1. The number of nitrogens with one attached hydrogen (secondary N) is 3. The number of nitrogens with zero attached hydrogens (tertiary/aromatic N) is 4. The smallest absolute Gasteiger partial charge is 0.337 e. The quantitative estimate of drug-likeness (QED) is 0.568. The Labute approximate surface area is 185 Å². The standard InChI is InChI=1S/C19H22F3N7O4/c1-11(13-7-15(19(20,21)22)16(31)23-8-13)33-27-18(32)29-5-3-28(4-6-29)17-24-9-14(10-25-17)26-12(2)30/h7-11H,3-6H2,1-2H3,(H,23,31)(H,26,30)(H,27,32)/t11-/m1/s1. The van der Waals surface area contributed by atoms with Gasteiger partial charge in [0.15, 0.2) is 0 Å². The number of urea groups is 1. The zero-order chi connectivity index (χ0) is 24.2. The molecule has 0 unspecified atom stereocenters. The van der Waals surface area contributed by atoms with E-state index in [0.29, 0.717) is 43.9 Å². The molecule has 3 amide bonds. The molecule has 0 aliphatic carbocycles. The van der Waals surface area contributed by atoms with Gasteiger partial charge in [0, 0.05) is 44.9 Å². The predicted octanol–water partition coefficient (Wildman–Crippen LogP) is 1.67. The van der Waals surface area contributed by atoms with Crippen LogP contribution in [0.2, 0.25) is 0 Å². The number of hydrogen-bond donors (Lipinski definition) is 3. The van der Waals surface area contributed by atoms with E-state index in [9.17, 15) is 27.6 Å². The first-order valence-corrected chi connectivity index (χ1v) is 9.89. The van der Waals surface area contributed by atoms with Crippen LogP contribution in [0.1, 0.15) is 31.1 Å². The van der Waals surface area contributed by atoms with Crippen molar-refractivity contribution in [3.8, 4) is 0 Å². The zero-order valence-electron chi connectivity index (χ0n) is 17.8. The molecule has 33 heavy (non-hydrogen) atoms. The van der Waals surface area contributed by atoms with Crippen LogP contribution >= 0.6 is 0 Å². The van der Waals surface area contributed by atoms with Crippen molar-refractivity contribution in [1.82, 2.24) is 25.3 Å². The number of carbonyl (C=O) groups is 2. The van der Waals surface area contributed by atoms with Gasteiger partial charge in [0.05, 0.1) is 18.1 Å². The van der Waals surface area contributed by atoms with Gasteiger partial charge < -0.3 is 20.1 Å². The maximum absolute atomic E-state index is 12.9. The number of rotatable bonds is 5. The summed E-state index contributed by atoms with van der Waals surface area (Å²) >= 11 is 0. The fourth-order valence-corrected chi connectivity index (χ4v) is 3.08. The molecule has 0 aromatic carbocycles. The average molecular weight is 469 g/mol. The lowest BCUT2D eigenvalue weighted by Crippen LogP contribution is -2.52. The van der Waals surface area contributed by atoms with Crippen LogP contribution in [0.25, 0.3) is 0 Å². The molecule has 3 N–H and O–H groups in total. The molecular formula is C19H22F3N7O4. The normalized spacial score (nSPS) is 15.2. The minimum Gasteiger partial charge on any atom is -0.337 e. The van der Waals surface area contributed by atoms with E-state index < -0.39 is 29.4 Å². The highest BCUT2D eigenvalue weighted by atomic mass is 19.4. The lowest BCUT2D eigenvalue weighted by Gasteiger charge is -2.34. The lowest BCUT2D eigenvalue weighted by molar-refractivity contribution is -0.138. The number of hydroxylamine groups is 1. The van der Waals surface area contributed by atoms with E-state index in [2.05, 4.69) is 20.8 Å². The van der Waals surface area contributed by atoms with Crippen molar-refractivity contribution in [2.24, 2.45) is 0 Å². The van der Waals surface area contributed by atoms with Crippen LogP contribution in [0, 0.1) is 0 Å². The highest BCUT2D eigenvalue weighted by molar-refractivity contribution is 5.88. The van der Waals surface area contributed by atoms with Crippen LogP contribution in [0.3, 0.4) is 0 Å². The second kappa shape index (κ2) is 9.85. The van der Waals surface area contributed by atoms with Gasteiger partial charge >= 0.3 is 12.2 Å². The van der Waals surface area contributed by atoms with Gasteiger partial charge in [-0.05, 0) is 13.0 Å². The minimum atomic E-state index is -4.81. The van der Waals surface area contributed by atoms with Crippen LogP contribution in [-0.4, -0.2) is 58.0 Å². The van der Waals surface area contributed by atoms with Crippen molar-refractivity contribution in [2.45, 2.75) is 26.1 Å². The number of H-pyrrole nitrogens is 1. The van der Waals surface area contributed by atoms with E-state index in [1.165, 1.54) is 31.1 Å². The van der Waals surface area contributed by atoms with E-state index in [1.807, 2.05) is 9.88 Å². The van der Waals surface area contributed by atoms with Gasteiger partial charge in [0.1, 0.15) is 11.7 Å². The summed E-state index contributed by atoms with van der Waals surface area (Å²) in [7, 11) is 0. The SMILES string of the molecule is CC(=O)Nc1cnc(N2CCN(C(=O)NO[C@H](C)c3c[nH]c(=O)c(C(F)(F)F)c3)CC2)nc1. The first kappa shape index (κ1) is 24.0. The van der Waals surface area contributed by atoms with Crippen molar-refractivity contribution in [1.29, 1.82) is 0 Å². The largest absolute Gasteiger partial charge is 0.421 e. The van der Waals surface area contributed by atoms with Crippen molar-refractivity contribution in [2.75, 3.05) is 36.4 Å². The summed E-state index contributed by atoms with van der Waals surface area (Å²) in [5, 5.41) is 2.57. The predicted molar refractivity (Wildman–Crippen MR) is 110 cm³/mol. The fraction of sp³-hybridized carbons (Fsp3) is 0.421. The van der Waals surface area contributed by atoms with Crippen LogP contribution < -0.4 is 21.3 Å². The first-order chi connectivity index (χ1) is 15.5. The number of aromatic amines is 1. The molecule has 2 aromatic rings. The third kappa shape index (κ3) is 6.19. The van der Waals surface area contributed by atoms with E-state index >= 15 is 0 Å². The Morgan fingerprint density at radius 1 is 1.18 bits per heavy atom. The zero-order valence-corrected chi connectivity index (χ0v) is 17.8. The molecule has 11 nitrogen and oxygen atoms in total. The van der Waals surface area contributed by atoms with E-state index in [-0.39, 0.29) is 11.5 Å². The summed E-state index contributed by atoms with van der Waals surface area (Å²) in [6.45, 7) is 4.36. The van der Waals surface area contributed by atoms with Crippen LogP contribution in [-0.2, 0) is 15.8 Å². The fourth-order valence-electron chi connectivity index (χ4n) is 3.08. The molecular weight excluding hydrogens is 447 g/mol. The van der Waals surface area contributed by atoms with Crippen molar-refractivity contribution < 1.29 is 27.6 Å². The third-order valence-corrected chi connectivity index (χ3v) is 4.83. The molecule has 0 saturated carbocycles. The molecule has 1 fully saturated rings. The van der Waals surface area contributed by atoms with E-state index in [4.69, 9.17) is 4.84 Å². The van der Waals surface area contributed by atoms with Crippen molar-refractivity contribution in [3.05, 3.63) is 46.1 Å². The third-order valence-electron chi connectivity index (χ3n) is 4.83. The minimum absolute atomic E-state index is 0.0481. The monoisotopic (exact) mass is 469 g/mol. The summed E-state index contributed by atoms with van der Waals surface area (Å²) in [6, 6.07) is 0.134. The maximum Gasteiger partial charge on any atom is 0.421 e. The summed E-state index contributed by atoms with van der Waals surface area (Å²) in [4.78, 5) is 53.8. The van der Waals surface area contributed by atoms with Crippen LogP contribution in [0.5, 0.6) is 0 Å². The molecule has 14 heteroatoms. The van der Waals surface area contributed by atoms with Gasteiger partial charge in [-0.25, -0.2) is 20.2 Å². The van der Waals surface area contributed by atoms with Crippen LogP contribution in [0.4, 0.5) is 29.6 Å². The summed E-state index contributed by atoms with van der Waals surface area (Å²) in [6.07, 6.45) is -1.67.